The Morgan fingerprint density at radius 2 is 2.13 bits per heavy atom. The molecule has 2 heterocycles. The number of ether oxygens (including phenoxy) is 1. The van der Waals surface area contributed by atoms with E-state index >= 15 is 0 Å². The van der Waals surface area contributed by atoms with Crippen LogP contribution < -0.4 is 0 Å². The Balaban J connectivity index is 1.91. The molecule has 0 aliphatic carbocycles. The zero-order valence-corrected chi connectivity index (χ0v) is 12.6. The van der Waals surface area contributed by atoms with E-state index in [0.717, 1.165) is 16.5 Å². The third kappa shape index (κ3) is 2.93. The van der Waals surface area contributed by atoms with Crippen molar-refractivity contribution in [2.24, 2.45) is 0 Å². The quantitative estimate of drug-likeness (QED) is 0.921. The van der Waals surface area contributed by atoms with E-state index in [9.17, 15) is 18.0 Å². The summed E-state index contributed by atoms with van der Waals surface area (Å²) in [6.07, 6.45) is -5.76. The summed E-state index contributed by atoms with van der Waals surface area (Å²) in [5.41, 5.74) is 2.02. The predicted octanol–water partition coefficient (Wildman–Crippen LogP) is 3.13. The largest absolute Gasteiger partial charge is 0.416 e. The zero-order chi connectivity index (χ0) is 16.6. The van der Waals surface area contributed by atoms with Gasteiger partial charge < -0.3 is 14.6 Å². The summed E-state index contributed by atoms with van der Waals surface area (Å²) in [5, 5.41) is 0.930. The Kier molecular flexibility index (Phi) is 4.06. The highest BCUT2D eigenvalue weighted by molar-refractivity contribution is 6.01. The molecule has 4 nitrogen and oxygen atoms in total. The van der Waals surface area contributed by atoms with Gasteiger partial charge in [0.25, 0.3) is 5.91 Å². The van der Waals surface area contributed by atoms with Crippen molar-refractivity contribution in [3.05, 3.63) is 35.5 Å². The molecule has 2 aromatic rings. The minimum absolute atomic E-state index is 0.113. The first-order valence-electron chi connectivity index (χ1n) is 7.49. The van der Waals surface area contributed by atoms with Gasteiger partial charge in [-0.1, -0.05) is 25.1 Å². The van der Waals surface area contributed by atoms with Crippen molar-refractivity contribution in [2.45, 2.75) is 25.6 Å². The molecule has 3 rings (SSSR count). The van der Waals surface area contributed by atoms with E-state index in [2.05, 4.69) is 4.98 Å². The van der Waals surface area contributed by atoms with Gasteiger partial charge >= 0.3 is 6.18 Å². The number of aromatic amines is 1. The number of hydrogen-bond donors (Lipinski definition) is 1. The summed E-state index contributed by atoms with van der Waals surface area (Å²) in [7, 11) is 0. The molecule has 0 spiro atoms. The third-order valence-electron chi connectivity index (χ3n) is 4.10. The smallest absolute Gasteiger partial charge is 0.365 e. The van der Waals surface area contributed by atoms with E-state index < -0.39 is 24.7 Å². The molecule has 0 bridgehead atoms. The molecule has 1 saturated heterocycles. The molecule has 1 atom stereocenters. The number of morpholine rings is 1. The lowest BCUT2D eigenvalue weighted by molar-refractivity contribution is -0.233. The van der Waals surface area contributed by atoms with Crippen molar-refractivity contribution in [3.8, 4) is 0 Å². The molecule has 1 N–H and O–H groups in total. The van der Waals surface area contributed by atoms with Crippen molar-refractivity contribution in [3.63, 3.8) is 0 Å². The summed E-state index contributed by atoms with van der Waals surface area (Å²) in [4.78, 5) is 17.0. The molecule has 1 aliphatic rings. The van der Waals surface area contributed by atoms with Gasteiger partial charge in [-0.05, 0) is 18.1 Å². The monoisotopic (exact) mass is 326 g/mol. The van der Waals surface area contributed by atoms with Crippen LogP contribution in [0.2, 0.25) is 0 Å². The Labute approximate surface area is 131 Å². The predicted molar refractivity (Wildman–Crippen MR) is 79.4 cm³/mol. The van der Waals surface area contributed by atoms with E-state index in [1.54, 1.807) is 0 Å². The van der Waals surface area contributed by atoms with Gasteiger partial charge in [-0.3, -0.25) is 4.79 Å². The molecule has 1 amide bonds. The number of carbonyl (C=O) groups excluding carboxylic acids is 1. The molecule has 0 saturated carbocycles. The van der Waals surface area contributed by atoms with Crippen molar-refractivity contribution in [1.82, 2.24) is 9.88 Å². The first-order chi connectivity index (χ1) is 10.9. The Morgan fingerprint density at radius 1 is 1.39 bits per heavy atom. The zero-order valence-electron chi connectivity index (χ0n) is 12.6. The summed E-state index contributed by atoms with van der Waals surface area (Å²) >= 11 is 0. The first-order valence-corrected chi connectivity index (χ1v) is 7.49. The van der Waals surface area contributed by atoms with Crippen molar-refractivity contribution in [1.29, 1.82) is 0 Å². The molecule has 124 valence electrons. The van der Waals surface area contributed by atoms with Crippen molar-refractivity contribution < 1.29 is 22.7 Å². The fourth-order valence-electron chi connectivity index (χ4n) is 2.94. The molecular weight excluding hydrogens is 309 g/mol. The second kappa shape index (κ2) is 5.88. The van der Waals surface area contributed by atoms with Gasteiger partial charge in [-0.25, -0.2) is 0 Å². The van der Waals surface area contributed by atoms with Gasteiger partial charge in [-0.2, -0.15) is 13.2 Å². The van der Waals surface area contributed by atoms with Crippen LogP contribution in [-0.2, 0) is 11.2 Å². The van der Waals surface area contributed by atoms with E-state index in [4.69, 9.17) is 4.74 Å². The molecule has 1 aromatic heterocycles. The van der Waals surface area contributed by atoms with Crippen LogP contribution in [0.25, 0.3) is 10.9 Å². The Bertz CT molecular complexity index is 724. The minimum atomic E-state index is -4.47. The number of para-hydroxylation sites is 1. The Morgan fingerprint density at radius 3 is 2.83 bits per heavy atom. The molecule has 7 heteroatoms. The van der Waals surface area contributed by atoms with Gasteiger partial charge in [0.1, 0.15) is 5.69 Å². The number of fused-ring (bicyclic) bond motifs is 1. The van der Waals surface area contributed by atoms with Gasteiger partial charge in [0, 0.05) is 17.4 Å². The molecule has 0 unspecified atom stereocenters. The standard InChI is InChI=1S/C16H17F3N2O2/c1-2-10-11-5-3-4-6-12(11)20-14(10)15(22)21-7-8-23-13(9-21)16(17,18)19/h3-6,13,20H,2,7-9H2,1H3/t13-/m0/s1. The van der Waals surface area contributed by atoms with Crippen LogP contribution in [0.1, 0.15) is 23.0 Å². The van der Waals surface area contributed by atoms with Crippen LogP contribution in [0, 0.1) is 0 Å². The fraction of sp³-hybridized carbons (Fsp3) is 0.438. The lowest BCUT2D eigenvalue weighted by atomic mass is 10.1. The number of amides is 1. The molecule has 1 aromatic carbocycles. The SMILES string of the molecule is CCc1c(C(=O)N2CCO[C@H](C(F)(F)F)C2)[nH]c2ccccc12. The average Bonchev–Trinajstić information content (AvgIpc) is 2.92. The second-order valence-corrected chi connectivity index (χ2v) is 5.53. The van der Waals surface area contributed by atoms with E-state index in [-0.39, 0.29) is 13.2 Å². The molecule has 1 fully saturated rings. The molecule has 23 heavy (non-hydrogen) atoms. The maximum absolute atomic E-state index is 12.8. The topological polar surface area (TPSA) is 45.3 Å². The van der Waals surface area contributed by atoms with E-state index in [0.29, 0.717) is 12.1 Å². The highest BCUT2D eigenvalue weighted by Crippen LogP contribution is 2.28. The number of aryl methyl sites for hydroxylation is 1. The van der Waals surface area contributed by atoms with Crippen LogP contribution in [-0.4, -0.2) is 47.8 Å². The highest BCUT2D eigenvalue weighted by atomic mass is 19.4. The molecule has 1 aliphatic heterocycles. The summed E-state index contributed by atoms with van der Waals surface area (Å²) in [6.45, 7) is 1.49. The average molecular weight is 326 g/mol. The summed E-state index contributed by atoms with van der Waals surface area (Å²) < 4.78 is 43.2. The summed E-state index contributed by atoms with van der Waals surface area (Å²) in [5.74, 6) is -0.407. The van der Waals surface area contributed by atoms with Crippen LogP contribution >= 0.6 is 0 Å². The number of H-pyrrole nitrogens is 1. The number of hydrogen-bond acceptors (Lipinski definition) is 2. The van der Waals surface area contributed by atoms with E-state index in [1.165, 1.54) is 4.90 Å². The van der Waals surface area contributed by atoms with Crippen molar-refractivity contribution >= 4 is 16.8 Å². The van der Waals surface area contributed by atoms with Crippen LogP contribution in [0.15, 0.2) is 24.3 Å². The molecular formula is C16H17F3N2O2. The van der Waals surface area contributed by atoms with Crippen LogP contribution in [0.5, 0.6) is 0 Å². The van der Waals surface area contributed by atoms with Crippen LogP contribution in [0.3, 0.4) is 0 Å². The first kappa shape index (κ1) is 15.9. The maximum Gasteiger partial charge on any atom is 0.416 e. The van der Waals surface area contributed by atoms with Gasteiger partial charge in [0.05, 0.1) is 13.2 Å². The highest BCUT2D eigenvalue weighted by Gasteiger charge is 2.44. The Hall–Kier alpha value is -2.02. The van der Waals surface area contributed by atoms with Gasteiger partial charge in [0.15, 0.2) is 6.10 Å². The number of alkyl halides is 3. The fourth-order valence-corrected chi connectivity index (χ4v) is 2.94. The number of carbonyl (C=O) groups is 1. The minimum Gasteiger partial charge on any atom is -0.365 e. The lowest BCUT2D eigenvalue weighted by Gasteiger charge is -2.33. The number of benzene rings is 1. The van der Waals surface area contributed by atoms with Crippen molar-refractivity contribution in [2.75, 3.05) is 19.7 Å². The summed E-state index contributed by atoms with van der Waals surface area (Å²) in [6, 6.07) is 7.47. The number of nitrogens with one attached hydrogen (secondary N) is 1. The second-order valence-electron chi connectivity index (χ2n) is 5.53. The molecule has 0 radical (unpaired) electrons. The number of aromatic nitrogens is 1. The normalized spacial score (nSPS) is 19.3. The van der Waals surface area contributed by atoms with Gasteiger partial charge in [0.2, 0.25) is 0 Å². The third-order valence-corrected chi connectivity index (χ3v) is 4.10. The number of rotatable bonds is 2. The lowest BCUT2D eigenvalue weighted by Crippen LogP contribution is -2.51. The van der Waals surface area contributed by atoms with Crippen LogP contribution in [0.4, 0.5) is 13.2 Å². The van der Waals surface area contributed by atoms with E-state index in [1.807, 2.05) is 31.2 Å². The maximum atomic E-state index is 12.8. The van der Waals surface area contributed by atoms with Gasteiger partial charge in [-0.15, -0.1) is 0 Å². The number of halogens is 3. The number of nitrogens with zero attached hydrogens (tertiary/aromatic N) is 1.